The minimum absolute atomic E-state index is 0.136. The van der Waals surface area contributed by atoms with Gasteiger partial charge in [0.2, 0.25) is 11.8 Å². The summed E-state index contributed by atoms with van der Waals surface area (Å²) in [5.41, 5.74) is 6.89. The maximum atomic E-state index is 12.1. The first-order valence-corrected chi connectivity index (χ1v) is 7.60. The van der Waals surface area contributed by atoms with Crippen LogP contribution in [-0.4, -0.2) is 16.9 Å². The highest BCUT2D eigenvalue weighted by Crippen LogP contribution is 2.22. The first-order valence-electron chi connectivity index (χ1n) is 7.60. The fourth-order valence-corrected chi connectivity index (χ4v) is 2.11. The average molecular weight is 301 g/mol. The molecule has 22 heavy (non-hydrogen) atoms. The third kappa shape index (κ3) is 3.74. The Bertz CT molecular complexity index is 609. The molecule has 0 aliphatic rings. The molecule has 5 heteroatoms. The fraction of sp³-hybridized carbons (Fsp3) is 0.412. The number of nitrogens with two attached hydrogens (primary N) is 1. The van der Waals surface area contributed by atoms with Crippen LogP contribution in [0.3, 0.4) is 0 Å². The molecule has 2 rings (SSSR count). The molecule has 1 heterocycles. The number of rotatable bonds is 6. The number of carbonyl (C=O) groups excluding carboxylic acids is 1. The Labute approximate surface area is 130 Å². The molecule has 2 aromatic rings. The summed E-state index contributed by atoms with van der Waals surface area (Å²) in [4.78, 5) is 16.3. The van der Waals surface area contributed by atoms with Crippen LogP contribution in [0.5, 0.6) is 0 Å². The Balaban J connectivity index is 2.03. The Morgan fingerprint density at radius 3 is 2.64 bits per heavy atom. The molecule has 1 aromatic heterocycles. The van der Waals surface area contributed by atoms with Crippen LogP contribution in [-0.2, 0) is 4.79 Å². The van der Waals surface area contributed by atoms with E-state index in [4.69, 9.17) is 10.2 Å². The van der Waals surface area contributed by atoms with E-state index in [0.29, 0.717) is 11.7 Å². The Kier molecular flexibility index (Phi) is 5.33. The molecule has 118 valence electrons. The predicted molar refractivity (Wildman–Crippen MR) is 85.9 cm³/mol. The Morgan fingerprint density at radius 1 is 1.32 bits per heavy atom. The second-order valence-electron chi connectivity index (χ2n) is 5.57. The minimum Gasteiger partial charge on any atom is -0.438 e. The van der Waals surface area contributed by atoms with Gasteiger partial charge in [-0.3, -0.25) is 4.79 Å². The molecule has 0 bridgehead atoms. The fourth-order valence-electron chi connectivity index (χ4n) is 2.11. The van der Waals surface area contributed by atoms with E-state index in [1.807, 2.05) is 51.1 Å². The topological polar surface area (TPSA) is 81.2 Å². The summed E-state index contributed by atoms with van der Waals surface area (Å²) >= 11 is 0. The Morgan fingerprint density at radius 2 is 2.00 bits per heavy atom. The number of benzene rings is 1. The van der Waals surface area contributed by atoms with E-state index in [0.717, 1.165) is 12.0 Å². The number of nitrogens with one attached hydrogen (secondary N) is 1. The lowest BCUT2D eigenvalue weighted by molar-refractivity contribution is -0.124. The maximum Gasteiger partial charge on any atom is 0.237 e. The number of carbonyl (C=O) groups is 1. The van der Waals surface area contributed by atoms with Crippen LogP contribution in [0.25, 0.3) is 11.3 Å². The van der Waals surface area contributed by atoms with Crippen molar-refractivity contribution in [2.75, 3.05) is 0 Å². The van der Waals surface area contributed by atoms with Gasteiger partial charge < -0.3 is 15.5 Å². The normalized spacial score (nSPS) is 15.1. The lowest BCUT2D eigenvalue weighted by Gasteiger charge is -2.19. The van der Waals surface area contributed by atoms with Crippen LogP contribution >= 0.6 is 0 Å². The van der Waals surface area contributed by atoms with Gasteiger partial charge in [0, 0.05) is 5.56 Å². The zero-order valence-corrected chi connectivity index (χ0v) is 13.2. The number of nitrogens with zero attached hydrogens (tertiary/aromatic N) is 1. The van der Waals surface area contributed by atoms with Crippen LogP contribution in [0.4, 0.5) is 0 Å². The summed E-state index contributed by atoms with van der Waals surface area (Å²) < 4.78 is 5.73. The lowest BCUT2D eigenvalue weighted by atomic mass is 9.99. The molecule has 0 fully saturated rings. The van der Waals surface area contributed by atoms with E-state index in [1.165, 1.54) is 0 Å². The zero-order chi connectivity index (χ0) is 16.1. The molecule has 1 aromatic carbocycles. The molecular weight excluding hydrogens is 278 g/mol. The molecule has 3 atom stereocenters. The maximum absolute atomic E-state index is 12.1. The quantitative estimate of drug-likeness (QED) is 0.859. The van der Waals surface area contributed by atoms with E-state index < -0.39 is 6.04 Å². The second-order valence-corrected chi connectivity index (χ2v) is 5.57. The first kappa shape index (κ1) is 16.2. The van der Waals surface area contributed by atoms with Crippen molar-refractivity contribution in [3.05, 3.63) is 42.4 Å². The molecule has 0 saturated heterocycles. The summed E-state index contributed by atoms with van der Waals surface area (Å²) in [6.07, 6.45) is 2.53. The summed E-state index contributed by atoms with van der Waals surface area (Å²) in [7, 11) is 0. The van der Waals surface area contributed by atoms with E-state index in [-0.39, 0.29) is 17.9 Å². The summed E-state index contributed by atoms with van der Waals surface area (Å²) in [5, 5.41) is 2.86. The monoisotopic (exact) mass is 301 g/mol. The lowest BCUT2D eigenvalue weighted by Crippen LogP contribution is -2.45. The van der Waals surface area contributed by atoms with Gasteiger partial charge >= 0.3 is 0 Å². The summed E-state index contributed by atoms with van der Waals surface area (Å²) in [6.45, 7) is 5.82. The van der Waals surface area contributed by atoms with Crippen molar-refractivity contribution in [3.8, 4) is 11.3 Å². The Hall–Kier alpha value is -2.14. The number of aromatic nitrogens is 1. The molecule has 0 aliphatic heterocycles. The number of oxazole rings is 1. The molecule has 0 aliphatic carbocycles. The number of amides is 1. The van der Waals surface area contributed by atoms with Crippen LogP contribution < -0.4 is 11.1 Å². The summed E-state index contributed by atoms with van der Waals surface area (Å²) in [5.74, 6) is 1.12. The highest BCUT2D eigenvalue weighted by molar-refractivity contribution is 5.82. The number of hydrogen-bond donors (Lipinski definition) is 2. The van der Waals surface area contributed by atoms with Crippen LogP contribution in [0, 0.1) is 5.92 Å². The molecule has 0 radical (unpaired) electrons. The van der Waals surface area contributed by atoms with Crippen molar-refractivity contribution in [2.45, 2.75) is 39.3 Å². The van der Waals surface area contributed by atoms with Crippen molar-refractivity contribution < 1.29 is 9.21 Å². The number of hydrogen-bond acceptors (Lipinski definition) is 4. The SMILES string of the molecule is CCC(C)C(N)C(=O)NC(C)c1ncc(-c2ccccc2)o1. The van der Waals surface area contributed by atoms with Crippen LogP contribution in [0.15, 0.2) is 40.9 Å². The van der Waals surface area contributed by atoms with Crippen molar-refractivity contribution in [1.82, 2.24) is 10.3 Å². The highest BCUT2D eigenvalue weighted by atomic mass is 16.4. The molecule has 0 spiro atoms. The van der Waals surface area contributed by atoms with Gasteiger partial charge in [-0.1, -0.05) is 50.6 Å². The smallest absolute Gasteiger partial charge is 0.237 e. The predicted octanol–water partition coefficient (Wildman–Crippen LogP) is 2.89. The van der Waals surface area contributed by atoms with Gasteiger partial charge in [-0.05, 0) is 12.8 Å². The van der Waals surface area contributed by atoms with E-state index >= 15 is 0 Å². The van der Waals surface area contributed by atoms with E-state index in [1.54, 1.807) is 6.20 Å². The van der Waals surface area contributed by atoms with Gasteiger partial charge in [0.05, 0.1) is 12.2 Å². The van der Waals surface area contributed by atoms with Crippen molar-refractivity contribution >= 4 is 5.91 Å². The van der Waals surface area contributed by atoms with Crippen molar-refractivity contribution in [1.29, 1.82) is 0 Å². The van der Waals surface area contributed by atoms with E-state index in [9.17, 15) is 4.79 Å². The third-order valence-corrected chi connectivity index (χ3v) is 3.87. The zero-order valence-electron chi connectivity index (χ0n) is 13.2. The highest BCUT2D eigenvalue weighted by Gasteiger charge is 2.23. The minimum atomic E-state index is -0.518. The van der Waals surface area contributed by atoms with Crippen LogP contribution in [0.2, 0.25) is 0 Å². The molecule has 5 nitrogen and oxygen atoms in total. The standard InChI is InChI=1S/C17H23N3O2/c1-4-11(2)15(18)16(21)20-12(3)17-19-10-14(22-17)13-8-6-5-7-9-13/h5-12,15H,4,18H2,1-3H3,(H,20,21). The second kappa shape index (κ2) is 7.22. The average Bonchev–Trinajstić information content (AvgIpc) is 3.04. The van der Waals surface area contributed by atoms with Crippen molar-refractivity contribution in [3.63, 3.8) is 0 Å². The van der Waals surface area contributed by atoms with Gasteiger partial charge in [-0.25, -0.2) is 4.98 Å². The molecule has 3 N–H and O–H groups in total. The molecular formula is C17H23N3O2. The molecule has 0 saturated carbocycles. The van der Waals surface area contributed by atoms with Gasteiger partial charge in [0.1, 0.15) is 6.04 Å². The van der Waals surface area contributed by atoms with Gasteiger partial charge in [0.15, 0.2) is 5.76 Å². The van der Waals surface area contributed by atoms with Gasteiger partial charge in [0.25, 0.3) is 0 Å². The first-order chi connectivity index (χ1) is 10.5. The van der Waals surface area contributed by atoms with Gasteiger partial charge in [-0.15, -0.1) is 0 Å². The third-order valence-electron chi connectivity index (χ3n) is 3.87. The van der Waals surface area contributed by atoms with Crippen molar-refractivity contribution in [2.24, 2.45) is 11.7 Å². The summed E-state index contributed by atoms with van der Waals surface area (Å²) in [6, 6.07) is 8.89. The molecule has 3 unspecified atom stereocenters. The van der Waals surface area contributed by atoms with Gasteiger partial charge in [-0.2, -0.15) is 0 Å². The molecule has 1 amide bonds. The van der Waals surface area contributed by atoms with Crippen LogP contribution in [0.1, 0.15) is 39.1 Å². The van der Waals surface area contributed by atoms with E-state index in [2.05, 4.69) is 10.3 Å². The largest absolute Gasteiger partial charge is 0.438 e.